The third-order valence-corrected chi connectivity index (χ3v) is 2.72. The average molecular weight is 229 g/mol. The van der Waals surface area contributed by atoms with Gasteiger partial charge in [0, 0.05) is 25.1 Å². The Bertz CT molecular complexity index is 241. The molecule has 2 N–H and O–H groups in total. The Morgan fingerprint density at radius 2 is 2.06 bits per heavy atom. The van der Waals surface area contributed by atoms with Crippen LogP contribution in [0.15, 0.2) is 0 Å². The van der Waals surface area contributed by atoms with E-state index in [1.165, 1.54) is 0 Å². The van der Waals surface area contributed by atoms with Gasteiger partial charge in [0.25, 0.3) is 0 Å². The lowest BCUT2D eigenvalue weighted by atomic mass is 10.1. The standard InChI is InChI=1S/C12H23NO3/c1-11(2,3)16-10(15)4-7-13-8-12(9-14)5-6-12/h13-14H,4-9H2,1-3H3. The number of hydrogen-bond acceptors (Lipinski definition) is 4. The van der Waals surface area contributed by atoms with E-state index in [1.54, 1.807) is 0 Å². The Hall–Kier alpha value is -0.610. The first kappa shape index (κ1) is 13.5. The van der Waals surface area contributed by atoms with Crippen LogP contribution in [-0.4, -0.2) is 36.4 Å². The van der Waals surface area contributed by atoms with Crippen molar-refractivity contribution >= 4 is 5.97 Å². The van der Waals surface area contributed by atoms with E-state index in [0.29, 0.717) is 13.0 Å². The summed E-state index contributed by atoms with van der Waals surface area (Å²) < 4.78 is 5.18. The van der Waals surface area contributed by atoms with Gasteiger partial charge in [0.05, 0.1) is 6.42 Å². The van der Waals surface area contributed by atoms with Gasteiger partial charge in [0.15, 0.2) is 0 Å². The second-order valence-electron chi connectivity index (χ2n) is 5.67. The molecule has 0 radical (unpaired) electrons. The molecule has 16 heavy (non-hydrogen) atoms. The minimum Gasteiger partial charge on any atom is -0.460 e. The summed E-state index contributed by atoms with van der Waals surface area (Å²) in [5.41, 5.74) is -0.298. The molecule has 0 bridgehead atoms. The van der Waals surface area contributed by atoms with Gasteiger partial charge in [-0.25, -0.2) is 0 Å². The van der Waals surface area contributed by atoms with Crippen molar-refractivity contribution in [1.29, 1.82) is 0 Å². The monoisotopic (exact) mass is 229 g/mol. The lowest BCUT2D eigenvalue weighted by Crippen LogP contribution is -2.30. The van der Waals surface area contributed by atoms with Crippen LogP contribution in [0.3, 0.4) is 0 Å². The third kappa shape index (κ3) is 4.94. The van der Waals surface area contributed by atoms with Gasteiger partial charge in [-0.1, -0.05) is 0 Å². The number of hydrogen-bond donors (Lipinski definition) is 2. The maximum Gasteiger partial charge on any atom is 0.307 e. The Morgan fingerprint density at radius 1 is 1.44 bits per heavy atom. The fourth-order valence-corrected chi connectivity index (χ4v) is 1.50. The second-order valence-corrected chi connectivity index (χ2v) is 5.67. The molecule has 1 aliphatic carbocycles. The zero-order valence-corrected chi connectivity index (χ0v) is 10.5. The number of carbonyl (C=O) groups excluding carboxylic acids is 1. The molecule has 0 aromatic rings. The lowest BCUT2D eigenvalue weighted by molar-refractivity contribution is -0.154. The summed E-state index contributed by atoms with van der Waals surface area (Å²) in [7, 11) is 0. The second kappa shape index (κ2) is 5.15. The fraction of sp³-hybridized carbons (Fsp3) is 0.917. The fourth-order valence-electron chi connectivity index (χ4n) is 1.50. The highest BCUT2D eigenvalue weighted by molar-refractivity contribution is 5.70. The molecule has 4 heteroatoms. The van der Waals surface area contributed by atoms with Crippen LogP contribution < -0.4 is 5.32 Å². The minimum absolute atomic E-state index is 0.105. The normalized spacial score (nSPS) is 18.2. The highest BCUT2D eigenvalue weighted by Crippen LogP contribution is 2.44. The van der Waals surface area contributed by atoms with Crippen LogP contribution in [0, 0.1) is 5.41 Å². The first-order valence-corrected chi connectivity index (χ1v) is 5.90. The summed E-state index contributed by atoms with van der Waals surface area (Å²) in [4.78, 5) is 11.4. The van der Waals surface area contributed by atoms with E-state index in [4.69, 9.17) is 9.84 Å². The molecule has 94 valence electrons. The van der Waals surface area contributed by atoms with Crippen LogP contribution in [0.25, 0.3) is 0 Å². The molecule has 1 saturated carbocycles. The molecule has 0 amide bonds. The van der Waals surface area contributed by atoms with Crippen molar-refractivity contribution in [2.45, 2.75) is 45.6 Å². The number of ether oxygens (including phenoxy) is 1. The zero-order chi connectivity index (χ0) is 12.2. The van der Waals surface area contributed by atoms with E-state index in [1.807, 2.05) is 20.8 Å². The Balaban J connectivity index is 2.05. The molecule has 0 unspecified atom stereocenters. The predicted molar refractivity (Wildman–Crippen MR) is 62.1 cm³/mol. The lowest BCUT2D eigenvalue weighted by Gasteiger charge is -2.19. The van der Waals surface area contributed by atoms with E-state index in [0.717, 1.165) is 19.4 Å². The minimum atomic E-state index is -0.403. The zero-order valence-electron chi connectivity index (χ0n) is 10.5. The van der Waals surface area contributed by atoms with E-state index in [9.17, 15) is 4.79 Å². The first-order chi connectivity index (χ1) is 7.37. The summed E-state index contributed by atoms with van der Waals surface area (Å²) in [6.45, 7) is 7.26. The number of aliphatic hydroxyl groups is 1. The molecular formula is C12H23NO3. The molecule has 0 saturated heterocycles. The molecule has 0 aromatic carbocycles. The maximum atomic E-state index is 11.4. The highest BCUT2D eigenvalue weighted by atomic mass is 16.6. The van der Waals surface area contributed by atoms with E-state index < -0.39 is 5.60 Å². The van der Waals surface area contributed by atoms with Crippen molar-refractivity contribution in [2.75, 3.05) is 19.7 Å². The van der Waals surface area contributed by atoms with Gasteiger partial charge < -0.3 is 15.2 Å². The molecule has 0 heterocycles. The van der Waals surface area contributed by atoms with Crippen molar-refractivity contribution in [3.63, 3.8) is 0 Å². The molecule has 0 aromatic heterocycles. The van der Waals surface area contributed by atoms with Gasteiger partial charge in [-0.15, -0.1) is 0 Å². The van der Waals surface area contributed by atoms with E-state index in [2.05, 4.69) is 5.32 Å². The number of aliphatic hydroxyl groups excluding tert-OH is 1. The molecule has 1 aliphatic rings. The summed E-state index contributed by atoms with van der Waals surface area (Å²) in [6.07, 6.45) is 2.56. The van der Waals surface area contributed by atoms with Gasteiger partial charge in [-0.05, 0) is 33.6 Å². The topological polar surface area (TPSA) is 58.6 Å². The van der Waals surface area contributed by atoms with Crippen LogP contribution in [0.1, 0.15) is 40.0 Å². The SMILES string of the molecule is CC(C)(C)OC(=O)CCNCC1(CO)CC1. The Morgan fingerprint density at radius 3 is 2.50 bits per heavy atom. The average Bonchev–Trinajstić information content (AvgIpc) is 2.90. The smallest absolute Gasteiger partial charge is 0.307 e. The van der Waals surface area contributed by atoms with E-state index >= 15 is 0 Å². The van der Waals surface area contributed by atoms with Crippen molar-refractivity contribution in [2.24, 2.45) is 5.41 Å². The predicted octanol–water partition coefficient (Wildman–Crippen LogP) is 1.08. The Kier molecular flexibility index (Phi) is 4.33. The number of carbonyl (C=O) groups is 1. The van der Waals surface area contributed by atoms with Gasteiger partial charge in [0.1, 0.15) is 5.60 Å². The van der Waals surface area contributed by atoms with Crippen molar-refractivity contribution in [1.82, 2.24) is 5.32 Å². The third-order valence-electron chi connectivity index (χ3n) is 2.72. The summed E-state index contributed by atoms with van der Waals surface area (Å²) in [6, 6.07) is 0. The highest BCUT2D eigenvalue weighted by Gasteiger charge is 2.41. The quantitative estimate of drug-likeness (QED) is 0.528. The van der Waals surface area contributed by atoms with Crippen LogP contribution in [0.4, 0.5) is 0 Å². The van der Waals surface area contributed by atoms with Crippen LogP contribution in [0.2, 0.25) is 0 Å². The van der Waals surface area contributed by atoms with Crippen molar-refractivity contribution in [3.05, 3.63) is 0 Å². The van der Waals surface area contributed by atoms with Crippen molar-refractivity contribution in [3.8, 4) is 0 Å². The van der Waals surface area contributed by atoms with Gasteiger partial charge in [0.2, 0.25) is 0 Å². The van der Waals surface area contributed by atoms with E-state index in [-0.39, 0.29) is 18.0 Å². The summed E-state index contributed by atoms with van der Waals surface area (Å²) >= 11 is 0. The van der Waals surface area contributed by atoms with Crippen LogP contribution in [0.5, 0.6) is 0 Å². The summed E-state index contributed by atoms with van der Waals surface area (Å²) in [5.74, 6) is -0.172. The molecule has 0 spiro atoms. The molecule has 0 atom stereocenters. The molecule has 4 nitrogen and oxygen atoms in total. The first-order valence-electron chi connectivity index (χ1n) is 5.90. The molecule has 1 rings (SSSR count). The summed E-state index contributed by atoms with van der Waals surface area (Å²) in [5, 5.41) is 12.3. The van der Waals surface area contributed by atoms with Crippen LogP contribution >= 0.6 is 0 Å². The Labute approximate surface area is 97.4 Å². The largest absolute Gasteiger partial charge is 0.460 e. The number of nitrogens with one attached hydrogen (secondary N) is 1. The molecular weight excluding hydrogens is 206 g/mol. The number of esters is 1. The molecule has 0 aliphatic heterocycles. The van der Waals surface area contributed by atoms with Gasteiger partial charge in [-0.2, -0.15) is 0 Å². The maximum absolute atomic E-state index is 11.4. The van der Waals surface area contributed by atoms with Gasteiger partial charge >= 0.3 is 5.97 Å². The van der Waals surface area contributed by atoms with Gasteiger partial charge in [-0.3, -0.25) is 4.79 Å². The van der Waals surface area contributed by atoms with Crippen molar-refractivity contribution < 1.29 is 14.6 Å². The molecule has 1 fully saturated rings. The number of rotatable bonds is 6. The van der Waals surface area contributed by atoms with Crippen LogP contribution in [-0.2, 0) is 9.53 Å².